The zero-order chi connectivity index (χ0) is 18.9. The molecular weight excluding hydrogens is 344 g/mol. The lowest BCUT2D eigenvalue weighted by molar-refractivity contribution is -0.144. The zero-order valence-electron chi connectivity index (χ0n) is 15.5. The van der Waals surface area contributed by atoms with Crippen LogP contribution in [0.15, 0.2) is 30.7 Å². The molecule has 27 heavy (non-hydrogen) atoms. The second-order valence-corrected chi connectivity index (χ2v) is 8.10. The molecule has 1 aromatic rings. The highest BCUT2D eigenvalue weighted by Gasteiger charge is 2.44. The van der Waals surface area contributed by atoms with Gasteiger partial charge in [0.15, 0.2) is 0 Å². The lowest BCUT2D eigenvalue weighted by Crippen LogP contribution is -2.56. The minimum Gasteiger partial charge on any atom is -0.391 e. The number of aliphatic hydroxyl groups is 1. The van der Waals surface area contributed by atoms with Gasteiger partial charge in [-0.15, -0.1) is 0 Å². The van der Waals surface area contributed by atoms with E-state index >= 15 is 0 Å². The maximum absolute atomic E-state index is 12.8. The third-order valence-corrected chi connectivity index (χ3v) is 6.19. The number of aliphatic hydroxyl groups excluding tert-OH is 1. The molecule has 2 fully saturated rings. The fraction of sp³-hybridized carbons (Fsp3) is 0.600. The van der Waals surface area contributed by atoms with E-state index in [-0.39, 0.29) is 23.1 Å². The highest BCUT2D eigenvalue weighted by atomic mass is 16.3. The molecule has 7 heteroatoms. The summed E-state index contributed by atoms with van der Waals surface area (Å²) in [6, 6.07) is 0. The van der Waals surface area contributed by atoms with Gasteiger partial charge in [0.1, 0.15) is 5.69 Å². The van der Waals surface area contributed by atoms with Gasteiger partial charge in [0.2, 0.25) is 5.91 Å². The van der Waals surface area contributed by atoms with E-state index in [1.54, 1.807) is 6.20 Å². The molecule has 0 radical (unpaired) electrons. The first-order chi connectivity index (χ1) is 13.1. The van der Waals surface area contributed by atoms with Crippen LogP contribution in [0.4, 0.5) is 0 Å². The van der Waals surface area contributed by atoms with Crippen LogP contribution in [0.2, 0.25) is 0 Å². The van der Waals surface area contributed by atoms with E-state index in [4.69, 9.17) is 0 Å². The molecule has 7 nitrogen and oxygen atoms in total. The van der Waals surface area contributed by atoms with Crippen molar-refractivity contribution < 1.29 is 14.7 Å². The van der Waals surface area contributed by atoms with Gasteiger partial charge in [-0.2, -0.15) is 0 Å². The molecule has 3 aliphatic rings. The predicted molar refractivity (Wildman–Crippen MR) is 98.7 cm³/mol. The highest BCUT2D eigenvalue weighted by Crippen LogP contribution is 2.41. The fourth-order valence-electron chi connectivity index (χ4n) is 4.72. The Morgan fingerprint density at radius 3 is 2.52 bits per heavy atom. The second kappa shape index (κ2) is 7.38. The maximum atomic E-state index is 12.8. The van der Waals surface area contributed by atoms with Crippen molar-refractivity contribution in [3.63, 3.8) is 0 Å². The van der Waals surface area contributed by atoms with Crippen LogP contribution < -0.4 is 0 Å². The normalized spacial score (nSPS) is 25.1. The summed E-state index contributed by atoms with van der Waals surface area (Å²) < 4.78 is 0. The van der Waals surface area contributed by atoms with Crippen molar-refractivity contribution >= 4 is 11.8 Å². The van der Waals surface area contributed by atoms with Gasteiger partial charge >= 0.3 is 0 Å². The summed E-state index contributed by atoms with van der Waals surface area (Å²) in [7, 11) is 0. The molecule has 2 saturated heterocycles. The van der Waals surface area contributed by atoms with Crippen LogP contribution >= 0.6 is 0 Å². The minimum absolute atomic E-state index is 0.0330. The van der Waals surface area contributed by atoms with Crippen LogP contribution in [-0.4, -0.2) is 69.0 Å². The number of allylic oxidation sites excluding steroid dienone is 2. The average molecular weight is 370 g/mol. The first kappa shape index (κ1) is 18.1. The highest BCUT2D eigenvalue weighted by molar-refractivity contribution is 5.92. The summed E-state index contributed by atoms with van der Waals surface area (Å²) >= 11 is 0. The van der Waals surface area contributed by atoms with Crippen LogP contribution in [0.25, 0.3) is 0 Å². The van der Waals surface area contributed by atoms with Gasteiger partial charge in [-0.05, 0) is 37.5 Å². The summed E-state index contributed by atoms with van der Waals surface area (Å²) in [5.41, 5.74) is 0.265. The third kappa shape index (κ3) is 3.74. The molecule has 4 rings (SSSR count). The van der Waals surface area contributed by atoms with Crippen molar-refractivity contribution in [3.8, 4) is 0 Å². The number of nitrogens with zero attached hydrogens (tertiary/aromatic N) is 4. The molecule has 0 saturated carbocycles. The van der Waals surface area contributed by atoms with E-state index in [9.17, 15) is 14.7 Å². The van der Waals surface area contributed by atoms with Crippen molar-refractivity contribution in [2.75, 3.05) is 26.2 Å². The Morgan fingerprint density at radius 2 is 1.85 bits per heavy atom. The number of likely N-dealkylation sites (tertiary alicyclic amines) is 2. The molecule has 1 aliphatic carbocycles. The number of rotatable bonds is 2. The Kier molecular flexibility index (Phi) is 4.95. The van der Waals surface area contributed by atoms with Crippen molar-refractivity contribution in [2.45, 2.75) is 38.2 Å². The van der Waals surface area contributed by atoms with Crippen molar-refractivity contribution in [1.29, 1.82) is 0 Å². The molecule has 1 atom stereocenters. The van der Waals surface area contributed by atoms with Crippen LogP contribution in [0.1, 0.15) is 42.6 Å². The summed E-state index contributed by atoms with van der Waals surface area (Å²) in [5.74, 6) is 0.0983. The molecular formula is C20H26N4O3. The molecule has 2 aliphatic heterocycles. The first-order valence-electron chi connectivity index (χ1n) is 9.73. The molecule has 1 aromatic heterocycles. The SMILES string of the molecule is O=C(c1cnccn1)N1CCC2(CC1)CC(O)CN(C(=O)C1CC=CC1)C2. The van der Waals surface area contributed by atoms with Crippen molar-refractivity contribution in [1.82, 2.24) is 19.8 Å². The number of piperidine rings is 2. The smallest absolute Gasteiger partial charge is 0.274 e. The molecule has 0 aromatic carbocycles. The molecule has 2 amide bonds. The van der Waals surface area contributed by atoms with Gasteiger partial charge in [-0.3, -0.25) is 14.6 Å². The minimum atomic E-state index is -0.487. The number of carbonyl (C=O) groups is 2. The van der Waals surface area contributed by atoms with E-state index < -0.39 is 6.10 Å². The molecule has 1 N–H and O–H groups in total. The monoisotopic (exact) mass is 370 g/mol. The van der Waals surface area contributed by atoms with Crippen LogP contribution in [-0.2, 0) is 4.79 Å². The lowest BCUT2D eigenvalue weighted by atomic mass is 9.71. The number of aromatic nitrogens is 2. The van der Waals surface area contributed by atoms with E-state index in [1.807, 2.05) is 9.80 Å². The van der Waals surface area contributed by atoms with Gasteiger partial charge in [0.25, 0.3) is 5.91 Å². The number of hydrogen-bond donors (Lipinski definition) is 1. The van der Waals surface area contributed by atoms with Gasteiger partial charge < -0.3 is 14.9 Å². The van der Waals surface area contributed by atoms with E-state index in [2.05, 4.69) is 22.1 Å². The topological polar surface area (TPSA) is 86.6 Å². The second-order valence-electron chi connectivity index (χ2n) is 8.10. The van der Waals surface area contributed by atoms with Crippen LogP contribution in [0.5, 0.6) is 0 Å². The number of amides is 2. The molecule has 144 valence electrons. The summed E-state index contributed by atoms with van der Waals surface area (Å²) in [4.78, 5) is 37.2. The Bertz CT molecular complexity index is 720. The largest absolute Gasteiger partial charge is 0.391 e. The summed E-state index contributed by atoms with van der Waals surface area (Å²) in [6.07, 6.45) is 12.1. The van der Waals surface area contributed by atoms with Crippen LogP contribution in [0, 0.1) is 11.3 Å². The van der Waals surface area contributed by atoms with Gasteiger partial charge in [-0.1, -0.05) is 12.2 Å². The lowest BCUT2D eigenvalue weighted by Gasteiger charge is -2.49. The maximum Gasteiger partial charge on any atom is 0.274 e. The molecule has 0 bridgehead atoms. The van der Waals surface area contributed by atoms with E-state index in [1.165, 1.54) is 12.4 Å². The zero-order valence-corrected chi connectivity index (χ0v) is 15.5. The first-order valence-corrected chi connectivity index (χ1v) is 9.73. The summed E-state index contributed by atoms with van der Waals surface area (Å²) in [5, 5.41) is 10.4. The average Bonchev–Trinajstić information content (AvgIpc) is 3.22. The number of carbonyl (C=O) groups excluding carboxylic acids is 2. The van der Waals surface area contributed by atoms with Gasteiger partial charge in [0, 0.05) is 44.5 Å². The summed E-state index contributed by atoms with van der Waals surface area (Å²) in [6.45, 7) is 2.36. The van der Waals surface area contributed by atoms with E-state index in [0.29, 0.717) is 38.3 Å². The van der Waals surface area contributed by atoms with Gasteiger partial charge in [0.05, 0.1) is 12.3 Å². The molecule has 1 spiro atoms. The van der Waals surface area contributed by atoms with E-state index in [0.717, 1.165) is 25.7 Å². The predicted octanol–water partition coefficient (Wildman–Crippen LogP) is 1.26. The fourth-order valence-corrected chi connectivity index (χ4v) is 4.72. The Morgan fingerprint density at radius 1 is 1.11 bits per heavy atom. The van der Waals surface area contributed by atoms with Gasteiger partial charge in [-0.25, -0.2) is 4.98 Å². The molecule has 3 heterocycles. The standard InChI is InChI=1S/C20H26N4O3/c25-16-11-20(14-24(13-16)18(26)15-3-1-2-4-15)5-9-23(10-6-20)19(27)17-12-21-7-8-22-17/h1-2,7-8,12,15-16,25H,3-6,9-11,13-14H2. The quantitative estimate of drug-likeness (QED) is 0.792. The Hall–Kier alpha value is -2.28. The van der Waals surface area contributed by atoms with Crippen molar-refractivity contribution in [3.05, 3.63) is 36.4 Å². The Balaban J connectivity index is 1.40. The molecule has 1 unspecified atom stereocenters. The Labute approximate surface area is 159 Å². The number of hydrogen-bond acceptors (Lipinski definition) is 5. The van der Waals surface area contributed by atoms with Crippen molar-refractivity contribution in [2.24, 2.45) is 11.3 Å². The van der Waals surface area contributed by atoms with Crippen LogP contribution in [0.3, 0.4) is 0 Å². The third-order valence-electron chi connectivity index (χ3n) is 6.19. The number of β-amino-alcohol motifs (C(OH)–C–C–N with tert-alkyl or cyclic N) is 1.